The highest BCUT2D eigenvalue weighted by Gasteiger charge is 2.28. The molecule has 0 saturated carbocycles. The van der Waals surface area contributed by atoms with Crippen molar-refractivity contribution in [1.29, 1.82) is 0 Å². The standard InChI is InChI=1S/C15H22N2O/c1-11-6-4-5-7-14(11)8-15(18)17-12(2)9-16-10-13(17)3/h4-7,12-13,16H,8-10H2,1-3H3. The van der Waals surface area contributed by atoms with Crippen LogP contribution in [0.15, 0.2) is 24.3 Å². The minimum atomic E-state index is 0.241. The van der Waals surface area contributed by atoms with Crippen LogP contribution in [-0.4, -0.2) is 36.0 Å². The zero-order valence-electron chi connectivity index (χ0n) is 11.4. The zero-order chi connectivity index (χ0) is 13.1. The minimum Gasteiger partial charge on any atom is -0.334 e. The van der Waals surface area contributed by atoms with Gasteiger partial charge in [0.05, 0.1) is 6.42 Å². The summed E-state index contributed by atoms with van der Waals surface area (Å²) in [6, 6.07) is 8.69. The average molecular weight is 246 g/mol. The smallest absolute Gasteiger partial charge is 0.227 e. The topological polar surface area (TPSA) is 32.3 Å². The van der Waals surface area contributed by atoms with Crippen LogP contribution in [0.5, 0.6) is 0 Å². The van der Waals surface area contributed by atoms with Crippen molar-refractivity contribution in [3.63, 3.8) is 0 Å². The molecule has 0 radical (unpaired) electrons. The molecule has 0 aromatic heterocycles. The molecule has 98 valence electrons. The lowest BCUT2D eigenvalue weighted by Gasteiger charge is -2.39. The van der Waals surface area contributed by atoms with Gasteiger partial charge in [0, 0.05) is 25.2 Å². The fraction of sp³-hybridized carbons (Fsp3) is 0.533. The van der Waals surface area contributed by atoms with Gasteiger partial charge in [-0.05, 0) is 31.9 Å². The molecule has 18 heavy (non-hydrogen) atoms. The van der Waals surface area contributed by atoms with E-state index in [1.54, 1.807) is 0 Å². The maximum Gasteiger partial charge on any atom is 0.227 e. The van der Waals surface area contributed by atoms with Crippen molar-refractivity contribution in [2.24, 2.45) is 0 Å². The Morgan fingerprint density at radius 1 is 1.28 bits per heavy atom. The Bertz CT molecular complexity index is 420. The molecule has 1 aliphatic rings. The third kappa shape index (κ3) is 2.72. The molecule has 0 aliphatic carbocycles. The van der Waals surface area contributed by atoms with Crippen LogP contribution < -0.4 is 5.32 Å². The molecule has 2 rings (SSSR count). The number of rotatable bonds is 2. The molecule has 3 nitrogen and oxygen atoms in total. The van der Waals surface area contributed by atoms with Gasteiger partial charge in [0.2, 0.25) is 5.91 Å². The van der Waals surface area contributed by atoms with Crippen LogP contribution in [0.2, 0.25) is 0 Å². The zero-order valence-corrected chi connectivity index (χ0v) is 11.4. The monoisotopic (exact) mass is 246 g/mol. The summed E-state index contributed by atoms with van der Waals surface area (Å²) in [4.78, 5) is 14.5. The molecule has 1 saturated heterocycles. The number of amides is 1. The number of carbonyl (C=O) groups is 1. The van der Waals surface area contributed by atoms with Gasteiger partial charge >= 0.3 is 0 Å². The largest absolute Gasteiger partial charge is 0.334 e. The first-order valence-corrected chi connectivity index (χ1v) is 6.66. The van der Waals surface area contributed by atoms with Crippen molar-refractivity contribution >= 4 is 5.91 Å². The summed E-state index contributed by atoms with van der Waals surface area (Å²) in [5.41, 5.74) is 2.33. The predicted molar refractivity (Wildman–Crippen MR) is 73.5 cm³/mol. The molecule has 2 unspecified atom stereocenters. The van der Waals surface area contributed by atoms with Crippen LogP contribution in [0.1, 0.15) is 25.0 Å². The van der Waals surface area contributed by atoms with Gasteiger partial charge < -0.3 is 10.2 Å². The highest BCUT2D eigenvalue weighted by atomic mass is 16.2. The molecule has 1 aromatic carbocycles. The number of aryl methyl sites for hydroxylation is 1. The summed E-state index contributed by atoms with van der Waals surface area (Å²) < 4.78 is 0. The van der Waals surface area contributed by atoms with Crippen LogP contribution in [0.4, 0.5) is 0 Å². The van der Waals surface area contributed by atoms with E-state index < -0.39 is 0 Å². The fourth-order valence-electron chi connectivity index (χ4n) is 2.69. The first-order valence-electron chi connectivity index (χ1n) is 6.66. The molecular weight excluding hydrogens is 224 g/mol. The second-order valence-corrected chi connectivity index (χ2v) is 5.26. The quantitative estimate of drug-likeness (QED) is 0.862. The Morgan fingerprint density at radius 2 is 1.89 bits per heavy atom. The average Bonchev–Trinajstić information content (AvgIpc) is 2.32. The summed E-state index contributed by atoms with van der Waals surface area (Å²) in [5.74, 6) is 0.241. The lowest BCUT2D eigenvalue weighted by molar-refractivity contribution is -0.135. The van der Waals surface area contributed by atoms with Crippen LogP contribution in [0.3, 0.4) is 0 Å². The molecule has 1 amide bonds. The van der Waals surface area contributed by atoms with E-state index in [1.165, 1.54) is 5.56 Å². The summed E-state index contributed by atoms with van der Waals surface area (Å²) in [5, 5.41) is 3.35. The molecule has 0 spiro atoms. The molecule has 1 heterocycles. The molecule has 1 aromatic rings. The lowest BCUT2D eigenvalue weighted by atomic mass is 10.0. The maximum absolute atomic E-state index is 12.4. The lowest BCUT2D eigenvalue weighted by Crippen LogP contribution is -2.57. The summed E-state index contributed by atoms with van der Waals surface area (Å²) >= 11 is 0. The number of hydrogen-bond acceptors (Lipinski definition) is 2. The Kier molecular flexibility index (Phi) is 4.02. The number of piperazine rings is 1. The van der Waals surface area contributed by atoms with Crippen molar-refractivity contribution in [2.75, 3.05) is 13.1 Å². The van der Waals surface area contributed by atoms with Crippen molar-refractivity contribution in [3.05, 3.63) is 35.4 Å². The SMILES string of the molecule is Cc1ccccc1CC(=O)N1C(C)CNCC1C. The first-order chi connectivity index (χ1) is 8.59. The second-order valence-electron chi connectivity index (χ2n) is 5.26. The van der Waals surface area contributed by atoms with Crippen LogP contribution in [-0.2, 0) is 11.2 Å². The first kappa shape index (κ1) is 13.1. The molecule has 1 fully saturated rings. The van der Waals surface area contributed by atoms with Gasteiger partial charge in [0.25, 0.3) is 0 Å². The summed E-state index contributed by atoms with van der Waals surface area (Å²) in [6.07, 6.45) is 0.515. The van der Waals surface area contributed by atoms with E-state index in [0.717, 1.165) is 18.7 Å². The molecular formula is C15H22N2O. The van der Waals surface area contributed by atoms with Crippen molar-refractivity contribution in [2.45, 2.75) is 39.3 Å². The van der Waals surface area contributed by atoms with Gasteiger partial charge in [-0.3, -0.25) is 4.79 Å². The van der Waals surface area contributed by atoms with Gasteiger partial charge in [0.15, 0.2) is 0 Å². The molecule has 2 atom stereocenters. The molecule has 3 heteroatoms. The van der Waals surface area contributed by atoms with Crippen LogP contribution in [0, 0.1) is 6.92 Å². The van der Waals surface area contributed by atoms with Crippen molar-refractivity contribution < 1.29 is 4.79 Å². The number of hydrogen-bond donors (Lipinski definition) is 1. The Labute approximate surface area is 109 Å². The Balaban J connectivity index is 2.09. The predicted octanol–water partition coefficient (Wildman–Crippen LogP) is 1.75. The fourth-order valence-corrected chi connectivity index (χ4v) is 2.69. The highest BCUT2D eigenvalue weighted by molar-refractivity contribution is 5.80. The number of carbonyl (C=O) groups excluding carboxylic acids is 1. The molecule has 1 N–H and O–H groups in total. The second kappa shape index (κ2) is 5.53. The van der Waals surface area contributed by atoms with Crippen LogP contribution >= 0.6 is 0 Å². The highest BCUT2D eigenvalue weighted by Crippen LogP contribution is 2.14. The van der Waals surface area contributed by atoms with Gasteiger partial charge in [0.1, 0.15) is 0 Å². The van der Waals surface area contributed by atoms with E-state index in [-0.39, 0.29) is 18.0 Å². The number of benzene rings is 1. The van der Waals surface area contributed by atoms with Crippen LogP contribution in [0.25, 0.3) is 0 Å². The van der Waals surface area contributed by atoms with Gasteiger partial charge in [-0.1, -0.05) is 24.3 Å². The molecule has 1 aliphatic heterocycles. The summed E-state index contributed by atoms with van der Waals surface area (Å²) in [6.45, 7) is 8.07. The van der Waals surface area contributed by atoms with E-state index in [4.69, 9.17) is 0 Å². The van der Waals surface area contributed by atoms with E-state index in [9.17, 15) is 4.79 Å². The van der Waals surface area contributed by atoms with Gasteiger partial charge in [-0.25, -0.2) is 0 Å². The molecule has 0 bridgehead atoms. The van der Waals surface area contributed by atoms with E-state index in [1.807, 2.05) is 23.1 Å². The third-order valence-electron chi connectivity index (χ3n) is 3.72. The van der Waals surface area contributed by atoms with Crippen molar-refractivity contribution in [3.8, 4) is 0 Å². The van der Waals surface area contributed by atoms with E-state index in [0.29, 0.717) is 6.42 Å². The number of nitrogens with one attached hydrogen (secondary N) is 1. The Morgan fingerprint density at radius 3 is 2.50 bits per heavy atom. The van der Waals surface area contributed by atoms with Gasteiger partial charge in [-0.15, -0.1) is 0 Å². The Hall–Kier alpha value is -1.35. The third-order valence-corrected chi connectivity index (χ3v) is 3.72. The summed E-state index contributed by atoms with van der Waals surface area (Å²) in [7, 11) is 0. The number of nitrogens with zero attached hydrogens (tertiary/aromatic N) is 1. The van der Waals surface area contributed by atoms with Gasteiger partial charge in [-0.2, -0.15) is 0 Å². The maximum atomic E-state index is 12.4. The minimum absolute atomic E-state index is 0.241. The van der Waals surface area contributed by atoms with E-state index in [2.05, 4.69) is 32.2 Å². The van der Waals surface area contributed by atoms with Crippen molar-refractivity contribution in [1.82, 2.24) is 10.2 Å². The van der Waals surface area contributed by atoms with E-state index >= 15 is 0 Å². The normalized spacial score (nSPS) is 24.1.